The number of unbranched alkanes of at least 4 members (excludes halogenated alkanes) is 6. The number of carbonyl (C=O) groups is 2. The van der Waals surface area contributed by atoms with Gasteiger partial charge in [-0.25, -0.2) is 4.79 Å². The monoisotopic (exact) mass is 248 g/mol. The zero-order valence-corrected chi connectivity index (χ0v) is 10.5. The molecule has 0 rings (SSSR count). The minimum Gasteiger partial charge on any atom is -0.481 e. The summed E-state index contributed by atoms with van der Waals surface area (Å²) in [6.07, 6.45) is 8.64. The first-order valence-corrected chi connectivity index (χ1v) is 6.09. The lowest BCUT2D eigenvalue weighted by atomic mass is 10.1. The summed E-state index contributed by atoms with van der Waals surface area (Å²) < 4.78 is 0. The predicted octanol–water partition coefficient (Wildman–Crippen LogP) is 2.27. The minimum absolute atomic E-state index is 0.341. The molecule has 0 saturated heterocycles. The number of hydrogen-bond donors (Lipinski definition) is 3. The van der Waals surface area contributed by atoms with Gasteiger partial charge in [0.25, 0.3) is 0 Å². The van der Waals surface area contributed by atoms with E-state index in [0.717, 1.165) is 12.8 Å². The van der Waals surface area contributed by atoms with Crippen LogP contribution in [0.3, 0.4) is 0 Å². The molecule has 3 N–H and O–H groups in total. The number of aliphatic carboxylic acids is 2. The first-order chi connectivity index (χ1) is 8.04. The molecule has 0 bridgehead atoms. The molecule has 0 saturated carbocycles. The Kier molecular flexibility index (Phi) is 16.0. The van der Waals surface area contributed by atoms with Crippen LogP contribution in [0, 0.1) is 0 Å². The van der Waals surface area contributed by atoms with Gasteiger partial charge >= 0.3 is 11.9 Å². The molecule has 0 unspecified atom stereocenters. The SMILES string of the molecule is CCCCCCCCCC(=O)O.O=C(O)CO. The highest BCUT2D eigenvalue weighted by molar-refractivity contribution is 5.67. The van der Waals surface area contributed by atoms with Gasteiger partial charge in [-0.15, -0.1) is 0 Å². The van der Waals surface area contributed by atoms with E-state index in [-0.39, 0.29) is 0 Å². The van der Waals surface area contributed by atoms with Crippen LogP contribution in [0.25, 0.3) is 0 Å². The standard InChI is InChI=1S/C10H20O2.C2H4O3/c1-2-3-4-5-6-7-8-9-10(11)12;3-1-2(4)5/h2-9H2,1H3,(H,11,12);3H,1H2,(H,4,5). The van der Waals surface area contributed by atoms with Crippen LogP contribution < -0.4 is 0 Å². The Morgan fingerprint density at radius 1 is 0.824 bits per heavy atom. The minimum atomic E-state index is -1.19. The van der Waals surface area contributed by atoms with Crippen molar-refractivity contribution in [1.29, 1.82) is 0 Å². The normalized spacial score (nSPS) is 9.29. The zero-order chi connectivity index (χ0) is 13.5. The summed E-state index contributed by atoms with van der Waals surface area (Å²) in [6.45, 7) is 1.42. The quantitative estimate of drug-likeness (QED) is 0.544. The maximum Gasteiger partial charge on any atom is 0.329 e. The molecule has 5 nitrogen and oxygen atoms in total. The fourth-order valence-corrected chi connectivity index (χ4v) is 1.23. The summed E-state index contributed by atoms with van der Waals surface area (Å²) in [5, 5.41) is 23.4. The summed E-state index contributed by atoms with van der Waals surface area (Å²) in [6, 6.07) is 0. The zero-order valence-electron chi connectivity index (χ0n) is 10.5. The van der Waals surface area contributed by atoms with E-state index < -0.39 is 18.5 Å². The highest BCUT2D eigenvalue weighted by atomic mass is 16.4. The lowest BCUT2D eigenvalue weighted by molar-refractivity contribution is -0.140. The Balaban J connectivity index is 0. The molecule has 0 heterocycles. The maximum absolute atomic E-state index is 10.1. The van der Waals surface area contributed by atoms with E-state index in [1.54, 1.807) is 0 Å². The van der Waals surface area contributed by atoms with Crippen molar-refractivity contribution in [2.45, 2.75) is 58.3 Å². The van der Waals surface area contributed by atoms with Gasteiger partial charge in [-0.1, -0.05) is 45.4 Å². The molecule has 0 fully saturated rings. The van der Waals surface area contributed by atoms with Gasteiger partial charge in [0.15, 0.2) is 0 Å². The van der Waals surface area contributed by atoms with E-state index >= 15 is 0 Å². The van der Waals surface area contributed by atoms with Crippen molar-refractivity contribution in [2.75, 3.05) is 6.61 Å². The summed E-state index contributed by atoms with van der Waals surface area (Å²) in [5.41, 5.74) is 0. The molecule has 0 aromatic rings. The number of aliphatic hydroxyl groups is 1. The predicted molar refractivity (Wildman–Crippen MR) is 65.0 cm³/mol. The van der Waals surface area contributed by atoms with Crippen LogP contribution in [-0.2, 0) is 9.59 Å². The van der Waals surface area contributed by atoms with Gasteiger partial charge < -0.3 is 15.3 Å². The Morgan fingerprint density at radius 2 is 1.24 bits per heavy atom. The molecule has 0 atom stereocenters. The van der Waals surface area contributed by atoms with Crippen LogP contribution in [-0.4, -0.2) is 33.9 Å². The Bertz CT molecular complexity index is 191. The first-order valence-electron chi connectivity index (χ1n) is 6.09. The molecule has 0 aliphatic heterocycles. The van der Waals surface area contributed by atoms with E-state index in [4.69, 9.17) is 20.1 Å². The van der Waals surface area contributed by atoms with E-state index in [2.05, 4.69) is 6.92 Å². The Labute approximate surface area is 102 Å². The third-order valence-electron chi connectivity index (χ3n) is 2.13. The molecule has 0 aromatic carbocycles. The fourth-order valence-electron chi connectivity index (χ4n) is 1.23. The van der Waals surface area contributed by atoms with Gasteiger partial charge in [0.1, 0.15) is 6.61 Å². The van der Waals surface area contributed by atoms with E-state index in [0.29, 0.717) is 6.42 Å². The van der Waals surface area contributed by atoms with E-state index in [1.165, 1.54) is 32.1 Å². The average Bonchev–Trinajstić information content (AvgIpc) is 2.28. The number of rotatable bonds is 9. The second-order valence-corrected chi connectivity index (χ2v) is 3.82. The van der Waals surface area contributed by atoms with Crippen LogP contribution in [0.4, 0.5) is 0 Å². The number of hydrogen-bond acceptors (Lipinski definition) is 3. The molecule has 0 spiro atoms. The van der Waals surface area contributed by atoms with Gasteiger partial charge in [0.05, 0.1) is 0 Å². The maximum atomic E-state index is 10.1. The van der Waals surface area contributed by atoms with Crippen LogP contribution in [0.1, 0.15) is 58.3 Å². The van der Waals surface area contributed by atoms with Crippen molar-refractivity contribution in [2.24, 2.45) is 0 Å². The van der Waals surface area contributed by atoms with Crippen molar-refractivity contribution in [1.82, 2.24) is 0 Å². The molecule has 0 aromatic heterocycles. The van der Waals surface area contributed by atoms with Gasteiger partial charge in [-0.05, 0) is 6.42 Å². The van der Waals surface area contributed by atoms with Gasteiger partial charge in [0.2, 0.25) is 0 Å². The van der Waals surface area contributed by atoms with Gasteiger partial charge in [-0.3, -0.25) is 4.79 Å². The second kappa shape index (κ2) is 14.9. The second-order valence-electron chi connectivity index (χ2n) is 3.82. The molecule has 0 aliphatic carbocycles. The van der Waals surface area contributed by atoms with Gasteiger partial charge in [0, 0.05) is 6.42 Å². The molecular weight excluding hydrogens is 224 g/mol. The summed E-state index contributed by atoms with van der Waals surface area (Å²) >= 11 is 0. The molecule has 0 amide bonds. The van der Waals surface area contributed by atoms with Crippen LogP contribution >= 0.6 is 0 Å². The van der Waals surface area contributed by atoms with Gasteiger partial charge in [-0.2, -0.15) is 0 Å². The Hall–Kier alpha value is -1.10. The molecule has 0 radical (unpaired) electrons. The topological polar surface area (TPSA) is 94.8 Å². The third kappa shape index (κ3) is 25.3. The first kappa shape index (κ1) is 18.3. The largest absolute Gasteiger partial charge is 0.481 e. The number of aliphatic hydroxyl groups excluding tert-OH is 1. The molecule has 0 aliphatic rings. The van der Waals surface area contributed by atoms with Crippen molar-refractivity contribution < 1.29 is 24.9 Å². The number of carboxylic acid groups (broad SMARTS) is 2. The number of carboxylic acids is 2. The lowest BCUT2D eigenvalue weighted by Crippen LogP contribution is -1.98. The highest BCUT2D eigenvalue weighted by Crippen LogP contribution is 2.07. The van der Waals surface area contributed by atoms with Crippen molar-refractivity contribution in [3.05, 3.63) is 0 Å². The molecule has 102 valence electrons. The third-order valence-corrected chi connectivity index (χ3v) is 2.13. The van der Waals surface area contributed by atoms with Crippen LogP contribution in [0.15, 0.2) is 0 Å². The van der Waals surface area contributed by atoms with Crippen molar-refractivity contribution in [3.63, 3.8) is 0 Å². The van der Waals surface area contributed by atoms with Crippen molar-refractivity contribution >= 4 is 11.9 Å². The van der Waals surface area contributed by atoms with Crippen molar-refractivity contribution in [3.8, 4) is 0 Å². The summed E-state index contributed by atoms with van der Waals surface area (Å²) in [5.74, 6) is -1.85. The molecule has 5 heteroatoms. The Morgan fingerprint density at radius 3 is 1.59 bits per heavy atom. The van der Waals surface area contributed by atoms with E-state index in [1.807, 2.05) is 0 Å². The van der Waals surface area contributed by atoms with Crippen LogP contribution in [0.5, 0.6) is 0 Å². The smallest absolute Gasteiger partial charge is 0.329 e. The average molecular weight is 248 g/mol. The molecule has 17 heavy (non-hydrogen) atoms. The van der Waals surface area contributed by atoms with E-state index in [9.17, 15) is 4.79 Å². The summed E-state index contributed by atoms with van der Waals surface area (Å²) in [4.78, 5) is 19.3. The summed E-state index contributed by atoms with van der Waals surface area (Å²) in [7, 11) is 0. The lowest BCUT2D eigenvalue weighted by Gasteiger charge is -1.98. The molecular formula is C12H24O5. The fraction of sp³-hybridized carbons (Fsp3) is 0.833. The van der Waals surface area contributed by atoms with Crippen LogP contribution in [0.2, 0.25) is 0 Å². The highest BCUT2D eigenvalue weighted by Gasteiger charge is 1.95.